The number of aromatic carboxylic acids is 1. The van der Waals surface area contributed by atoms with Gasteiger partial charge in [0.1, 0.15) is 6.54 Å². The van der Waals surface area contributed by atoms with Gasteiger partial charge in [-0.25, -0.2) is 9.59 Å². The number of nitrogens with zero attached hydrogens (tertiary/aromatic N) is 1. The van der Waals surface area contributed by atoms with Crippen molar-refractivity contribution in [2.75, 3.05) is 26.0 Å². The molecule has 0 spiro atoms. The largest absolute Gasteiger partial charge is 0.478 e. The standard InChI is InChI=1S/C13H16N2O5/c1-8-4-5-10(9(6-8)12(17)18)14-13(19)15(2)7-11(16)20-3/h4-6H,7H2,1-3H3,(H,14,19)(H,17,18). The molecule has 0 aliphatic rings. The van der Waals surface area contributed by atoms with Crippen LogP contribution in [0.15, 0.2) is 18.2 Å². The minimum Gasteiger partial charge on any atom is -0.478 e. The highest BCUT2D eigenvalue weighted by Gasteiger charge is 2.17. The second-order valence-electron chi connectivity index (χ2n) is 4.22. The molecule has 1 aromatic rings. The van der Waals surface area contributed by atoms with E-state index in [1.807, 2.05) is 0 Å². The van der Waals surface area contributed by atoms with Crippen LogP contribution in [0.4, 0.5) is 10.5 Å². The summed E-state index contributed by atoms with van der Waals surface area (Å²) in [6.45, 7) is 1.53. The summed E-state index contributed by atoms with van der Waals surface area (Å²) in [5.41, 5.74) is 0.929. The van der Waals surface area contributed by atoms with Crippen molar-refractivity contribution >= 4 is 23.7 Å². The van der Waals surface area contributed by atoms with E-state index in [9.17, 15) is 14.4 Å². The molecule has 0 bridgehead atoms. The number of carboxylic acid groups (broad SMARTS) is 1. The number of anilines is 1. The Labute approximate surface area is 116 Å². The normalized spacial score (nSPS) is 9.75. The van der Waals surface area contributed by atoms with E-state index in [4.69, 9.17) is 5.11 Å². The lowest BCUT2D eigenvalue weighted by Gasteiger charge is -2.17. The van der Waals surface area contributed by atoms with Gasteiger partial charge in [0.15, 0.2) is 0 Å². The Hall–Kier alpha value is -2.57. The second kappa shape index (κ2) is 6.55. The number of esters is 1. The van der Waals surface area contributed by atoms with Gasteiger partial charge in [0.2, 0.25) is 0 Å². The van der Waals surface area contributed by atoms with Crippen molar-refractivity contribution in [1.82, 2.24) is 4.90 Å². The number of ether oxygens (including phenoxy) is 1. The molecule has 0 saturated carbocycles. The van der Waals surface area contributed by atoms with Crippen LogP contribution in [0.3, 0.4) is 0 Å². The lowest BCUT2D eigenvalue weighted by molar-refractivity contribution is -0.140. The van der Waals surface area contributed by atoms with Crippen molar-refractivity contribution < 1.29 is 24.2 Å². The van der Waals surface area contributed by atoms with Gasteiger partial charge < -0.3 is 20.1 Å². The Bertz CT molecular complexity index is 542. The molecule has 0 atom stereocenters. The maximum absolute atomic E-state index is 11.8. The van der Waals surface area contributed by atoms with Crippen LogP contribution in [0.5, 0.6) is 0 Å². The monoisotopic (exact) mass is 280 g/mol. The van der Waals surface area contributed by atoms with Crippen LogP contribution in [0.1, 0.15) is 15.9 Å². The molecular weight excluding hydrogens is 264 g/mol. The number of amides is 2. The number of aryl methyl sites for hydroxylation is 1. The van der Waals surface area contributed by atoms with E-state index < -0.39 is 18.0 Å². The number of hydrogen-bond acceptors (Lipinski definition) is 4. The molecule has 0 aliphatic carbocycles. The molecule has 20 heavy (non-hydrogen) atoms. The fourth-order valence-electron chi connectivity index (χ4n) is 1.48. The summed E-state index contributed by atoms with van der Waals surface area (Å²) in [5, 5.41) is 11.5. The van der Waals surface area contributed by atoms with E-state index in [1.54, 1.807) is 13.0 Å². The minimum absolute atomic E-state index is 0.00943. The van der Waals surface area contributed by atoms with Crippen LogP contribution < -0.4 is 5.32 Å². The van der Waals surface area contributed by atoms with Gasteiger partial charge in [-0.05, 0) is 19.1 Å². The zero-order valence-corrected chi connectivity index (χ0v) is 11.5. The first-order chi connectivity index (χ1) is 9.35. The molecule has 7 nitrogen and oxygen atoms in total. The number of nitrogens with one attached hydrogen (secondary N) is 1. The van der Waals surface area contributed by atoms with Crippen LogP contribution in [0.25, 0.3) is 0 Å². The van der Waals surface area contributed by atoms with Crippen LogP contribution in [-0.2, 0) is 9.53 Å². The first-order valence-corrected chi connectivity index (χ1v) is 5.78. The van der Waals surface area contributed by atoms with Crippen molar-refractivity contribution in [3.8, 4) is 0 Å². The molecule has 7 heteroatoms. The van der Waals surface area contributed by atoms with Crippen molar-refractivity contribution in [2.45, 2.75) is 6.92 Å². The van der Waals surface area contributed by atoms with E-state index in [0.29, 0.717) is 0 Å². The number of hydrogen-bond donors (Lipinski definition) is 2. The summed E-state index contributed by atoms with van der Waals surface area (Å²) in [5.74, 6) is -1.70. The van der Waals surface area contributed by atoms with Crippen LogP contribution in [0, 0.1) is 6.92 Å². The molecule has 0 fully saturated rings. The Morgan fingerprint density at radius 2 is 2.00 bits per heavy atom. The first kappa shape index (κ1) is 15.5. The predicted octanol–water partition coefficient (Wildman–Crippen LogP) is 1.33. The number of carboxylic acids is 1. The maximum atomic E-state index is 11.8. The number of rotatable bonds is 4. The number of carbonyl (C=O) groups excluding carboxylic acids is 2. The van der Waals surface area contributed by atoms with Crippen molar-refractivity contribution in [2.24, 2.45) is 0 Å². The number of likely N-dealkylation sites (N-methyl/N-ethyl adjacent to an activating group) is 1. The lowest BCUT2D eigenvalue weighted by Crippen LogP contribution is -2.36. The molecule has 0 aromatic heterocycles. The van der Waals surface area contributed by atoms with E-state index in [1.165, 1.54) is 26.3 Å². The van der Waals surface area contributed by atoms with Crippen molar-refractivity contribution in [3.05, 3.63) is 29.3 Å². The summed E-state index contributed by atoms with van der Waals surface area (Å²) in [6.07, 6.45) is 0. The summed E-state index contributed by atoms with van der Waals surface area (Å²) in [4.78, 5) is 35.1. The molecule has 1 rings (SSSR count). The third-order valence-corrected chi connectivity index (χ3v) is 2.59. The summed E-state index contributed by atoms with van der Waals surface area (Å²) >= 11 is 0. The van der Waals surface area contributed by atoms with Gasteiger partial charge in [-0.15, -0.1) is 0 Å². The van der Waals surface area contributed by atoms with E-state index in [-0.39, 0.29) is 17.8 Å². The molecular formula is C13H16N2O5. The molecule has 0 aliphatic heterocycles. The molecule has 0 heterocycles. The third kappa shape index (κ3) is 3.98. The topological polar surface area (TPSA) is 95.9 Å². The number of carbonyl (C=O) groups is 3. The minimum atomic E-state index is -1.14. The Morgan fingerprint density at radius 3 is 2.55 bits per heavy atom. The van der Waals surface area contributed by atoms with Crippen molar-refractivity contribution in [3.63, 3.8) is 0 Å². The lowest BCUT2D eigenvalue weighted by atomic mass is 10.1. The Morgan fingerprint density at radius 1 is 1.35 bits per heavy atom. The molecule has 108 valence electrons. The third-order valence-electron chi connectivity index (χ3n) is 2.59. The number of urea groups is 1. The van der Waals surface area contributed by atoms with Crippen LogP contribution in [0.2, 0.25) is 0 Å². The molecule has 2 N–H and O–H groups in total. The highest BCUT2D eigenvalue weighted by Crippen LogP contribution is 2.17. The Balaban J connectivity index is 2.85. The summed E-state index contributed by atoms with van der Waals surface area (Å²) in [6, 6.07) is 4.05. The second-order valence-corrected chi connectivity index (χ2v) is 4.22. The Kier molecular flexibility index (Phi) is 5.08. The molecule has 0 unspecified atom stereocenters. The fourth-order valence-corrected chi connectivity index (χ4v) is 1.48. The highest BCUT2D eigenvalue weighted by atomic mass is 16.5. The average molecular weight is 280 g/mol. The maximum Gasteiger partial charge on any atom is 0.337 e. The summed E-state index contributed by atoms with van der Waals surface area (Å²) in [7, 11) is 2.62. The first-order valence-electron chi connectivity index (χ1n) is 5.78. The van der Waals surface area contributed by atoms with Gasteiger partial charge in [-0.3, -0.25) is 4.79 Å². The molecule has 2 amide bonds. The molecule has 0 saturated heterocycles. The zero-order valence-electron chi connectivity index (χ0n) is 11.5. The molecule has 0 radical (unpaired) electrons. The van der Waals surface area contributed by atoms with Gasteiger partial charge in [-0.2, -0.15) is 0 Å². The van der Waals surface area contributed by atoms with Gasteiger partial charge in [0, 0.05) is 7.05 Å². The van der Waals surface area contributed by atoms with Crippen LogP contribution >= 0.6 is 0 Å². The smallest absolute Gasteiger partial charge is 0.337 e. The predicted molar refractivity (Wildman–Crippen MR) is 71.8 cm³/mol. The van der Waals surface area contributed by atoms with Gasteiger partial charge in [0.05, 0.1) is 18.4 Å². The number of benzene rings is 1. The quantitative estimate of drug-likeness (QED) is 0.811. The number of methoxy groups -OCH3 is 1. The molecule has 1 aromatic carbocycles. The van der Waals surface area contributed by atoms with Crippen LogP contribution in [-0.4, -0.2) is 48.7 Å². The summed E-state index contributed by atoms with van der Waals surface area (Å²) < 4.78 is 4.44. The SMILES string of the molecule is COC(=O)CN(C)C(=O)Nc1ccc(C)cc1C(=O)O. The van der Waals surface area contributed by atoms with Gasteiger partial charge in [0.25, 0.3) is 0 Å². The van der Waals surface area contributed by atoms with Crippen molar-refractivity contribution in [1.29, 1.82) is 0 Å². The fraction of sp³-hybridized carbons (Fsp3) is 0.308. The van der Waals surface area contributed by atoms with E-state index >= 15 is 0 Å². The average Bonchev–Trinajstić information content (AvgIpc) is 2.40. The zero-order chi connectivity index (χ0) is 15.3. The highest BCUT2D eigenvalue weighted by molar-refractivity contribution is 6.00. The van der Waals surface area contributed by atoms with E-state index in [2.05, 4.69) is 10.1 Å². The van der Waals surface area contributed by atoms with E-state index in [0.717, 1.165) is 10.5 Å². The van der Waals surface area contributed by atoms with Gasteiger partial charge in [-0.1, -0.05) is 11.6 Å². The van der Waals surface area contributed by atoms with Gasteiger partial charge >= 0.3 is 18.0 Å².